The number of ether oxygens (including phenoxy) is 1. The number of nitrogens with zero attached hydrogens (tertiary/aromatic N) is 2. The smallest absolute Gasteiger partial charge is 0.433 e. The van der Waals surface area contributed by atoms with Crippen LogP contribution < -0.4 is 4.74 Å². The van der Waals surface area contributed by atoms with Gasteiger partial charge >= 0.3 is 12.1 Å². The van der Waals surface area contributed by atoms with Crippen LogP contribution in [0, 0.1) is 0 Å². The first-order chi connectivity index (χ1) is 6.84. The largest absolute Gasteiger partial charge is 0.481 e. The number of aromatic carboxylic acids is 1. The van der Waals surface area contributed by atoms with E-state index in [1.54, 1.807) is 0 Å². The summed E-state index contributed by atoms with van der Waals surface area (Å²) in [5.41, 5.74) is -1.35. The van der Waals surface area contributed by atoms with Gasteiger partial charge in [-0.3, -0.25) is 0 Å². The summed E-state index contributed by atoms with van der Waals surface area (Å²) < 4.78 is 41.1. The molecule has 0 fully saturated rings. The molecule has 1 aromatic rings. The second-order valence-corrected chi connectivity index (χ2v) is 2.42. The minimum absolute atomic E-state index is 0.449. The van der Waals surface area contributed by atoms with Crippen LogP contribution in [0.5, 0.6) is 5.88 Å². The third-order valence-corrected chi connectivity index (χ3v) is 1.39. The Balaban J connectivity index is 3.30. The van der Waals surface area contributed by atoms with E-state index in [1.807, 2.05) is 0 Å². The molecule has 5 nitrogen and oxygen atoms in total. The average molecular weight is 222 g/mol. The molecule has 15 heavy (non-hydrogen) atoms. The van der Waals surface area contributed by atoms with Crippen molar-refractivity contribution in [3.05, 3.63) is 17.6 Å². The van der Waals surface area contributed by atoms with Crippen LogP contribution in [0.1, 0.15) is 16.3 Å². The van der Waals surface area contributed by atoms with Gasteiger partial charge < -0.3 is 9.84 Å². The highest BCUT2D eigenvalue weighted by molar-refractivity contribution is 5.83. The standard InChI is InChI=1S/C7H5F3N2O3/c1-15-4-2-3(7(8,9)10)11-5(12-4)6(13)14/h2H,1H3,(H,13,14). The Morgan fingerprint density at radius 1 is 1.47 bits per heavy atom. The fourth-order valence-electron chi connectivity index (χ4n) is 0.770. The van der Waals surface area contributed by atoms with E-state index in [9.17, 15) is 18.0 Å². The quantitative estimate of drug-likeness (QED) is 0.813. The van der Waals surface area contributed by atoms with Crippen molar-refractivity contribution < 1.29 is 27.8 Å². The highest BCUT2D eigenvalue weighted by atomic mass is 19.4. The lowest BCUT2D eigenvalue weighted by Crippen LogP contribution is -2.14. The van der Waals surface area contributed by atoms with Gasteiger partial charge in [-0.05, 0) is 0 Å². The Morgan fingerprint density at radius 2 is 2.07 bits per heavy atom. The Kier molecular flexibility index (Phi) is 2.78. The van der Waals surface area contributed by atoms with Crippen LogP contribution in [0.4, 0.5) is 13.2 Å². The number of carboxylic acids is 1. The third kappa shape index (κ3) is 2.55. The predicted molar refractivity (Wildman–Crippen MR) is 40.5 cm³/mol. The molecule has 0 spiro atoms. The Labute approximate surface area is 81.5 Å². The maximum absolute atomic E-state index is 12.2. The zero-order valence-corrected chi connectivity index (χ0v) is 7.37. The van der Waals surface area contributed by atoms with E-state index in [-0.39, 0.29) is 0 Å². The van der Waals surface area contributed by atoms with Crippen LogP contribution >= 0.6 is 0 Å². The second kappa shape index (κ2) is 3.71. The Bertz CT molecular complexity index is 392. The van der Waals surface area contributed by atoms with Crippen LogP contribution in [0.3, 0.4) is 0 Å². The number of methoxy groups -OCH3 is 1. The van der Waals surface area contributed by atoms with Crippen LogP contribution in [-0.2, 0) is 6.18 Å². The Morgan fingerprint density at radius 3 is 2.47 bits per heavy atom. The van der Waals surface area contributed by atoms with Crippen molar-refractivity contribution in [2.45, 2.75) is 6.18 Å². The van der Waals surface area contributed by atoms with Gasteiger partial charge in [-0.15, -0.1) is 0 Å². The molecule has 0 aromatic carbocycles. The summed E-state index contributed by atoms with van der Waals surface area (Å²) in [4.78, 5) is 16.5. The maximum Gasteiger partial charge on any atom is 0.433 e. The zero-order chi connectivity index (χ0) is 11.6. The molecule has 0 atom stereocenters. The molecular formula is C7H5F3N2O3. The zero-order valence-electron chi connectivity index (χ0n) is 7.37. The molecule has 0 aliphatic rings. The molecule has 0 saturated heterocycles. The predicted octanol–water partition coefficient (Wildman–Crippen LogP) is 1.20. The first-order valence-electron chi connectivity index (χ1n) is 3.58. The van der Waals surface area contributed by atoms with Crippen molar-refractivity contribution in [3.8, 4) is 5.88 Å². The van der Waals surface area contributed by atoms with E-state index >= 15 is 0 Å². The number of aromatic nitrogens is 2. The summed E-state index contributed by atoms with van der Waals surface area (Å²) in [5.74, 6) is -3.06. The van der Waals surface area contributed by atoms with E-state index in [4.69, 9.17) is 5.11 Å². The van der Waals surface area contributed by atoms with E-state index in [2.05, 4.69) is 14.7 Å². The molecule has 0 amide bonds. The average Bonchev–Trinajstić information content (AvgIpc) is 2.15. The molecule has 1 rings (SSSR count). The number of carboxylic acid groups (broad SMARTS) is 1. The molecule has 1 N–H and O–H groups in total. The third-order valence-electron chi connectivity index (χ3n) is 1.39. The molecule has 0 unspecified atom stereocenters. The van der Waals surface area contributed by atoms with Crippen LogP contribution in [0.15, 0.2) is 6.07 Å². The number of rotatable bonds is 2. The van der Waals surface area contributed by atoms with Gasteiger partial charge in [0, 0.05) is 6.07 Å². The summed E-state index contributed by atoms with van der Waals surface area (Å²) >= 11 is 0. The van der Waals surface area contributed by atoms with E-state index in [1.165, 1.54) is 0 Å². The van der Waals surface area contributed by atoms with Crippen molar-refractivity contribution in [3.63, 3.8) is 0 Å². The summed E-state index contributed by atoms with van der Waals surface area (Å²) in [6.07, 6.45) is -4.74. The van der Waals surface area contributed by atoms with Gasteiger partial charge in [0.25, 0.3) is 0 Å². The van der Waals surface area contributed by atoms with Crippen molar-refractivity contribution in [2.24, 2.45) is 0 Å². The van der Waals surface area contributed by atoms with Crippen LogP contribution in [0.2, 0.25) is 0 Å². The van der Waals surface area contributed by atoms with Gasteiger partial charge in [0.2, 0.25) is 11.7 Å². The monoisotopic (exact) mass is 222 g/mol. The molecule has 8 heteroatoms. The molecule has 82 valence electrons. The van der Waals surface area contributed by atoms with Crippen LogP contribution in [0.25, 0.3) is 0 Å². The number of carbonyl (C=O) groups is 1. The van der Waals surface area contributed by atoms with Crippen molar-refractivity contribution in [1.82, 2.24) is 9.97 Å². The SMILES string of the molecule is COc1cc(C(F)(F)F)nc(C(=O)O)n1. The molecule has 0 bridgehead atoms. The van der Waals surface area contributed by atoms with Crippen LogP contribution in [-0.4, -0.2) is 28.2 Å². The maximum atomic E-state index is 12.2. The van der Waals surface area contributed by atoms with E-state index in [0.717, 1.165) is 7.11 Å². The van der Waals surface area contributed by atoms with E-state index < -0.39 is 29.5 Å². The lowest BCUT2D eigenvalue weighted by molar-refractivity contribution is -0.141. The number of hydrogen-bond donors (Lipinski definition) is 1. The first kappa shape index (κ1) is 11.2. The second-order valence-electron chi connectivity index (χ2n) is 2.42. The Hall–Kier alpha value is -1.86. The number of halogens is 3. The summed E-state index contributed by atoms with van der Waals surface area (Å²) in [5, 5.41) is 8.45. The molecular weight excluding hydrogens is 217 g/mol. The number of alkyl halides is 3. The fraction of sp³-hybridized carbons (Fsp3) is 0.286. The lowest BCUT2D eigenvalue weighted by atomic mass is 10.4. The molecule has 0 radical (unpaired) electrons. The molecule has 0 aliphatic heterocycles. The fourth-order valence-corrected chi connectivity index (χ4v) is 0.770. The van der Waals surface area contributed by atoms with Gasteiger partial charge in [-0.25, -0.2) is 9.78 Å². The summed E-state index contributed by atoms with van der Waals surface area (Å²) in [6.45, 7) is 0. The van der Waals surface area contributed by atoms with Gasteiger partial charge in [0.05, 0.1) is 7.11 Å². The molecule has 1 heterocycles. The molecule has 0 saturated carbocycles. The van der Waals surface area contributed by atoms with Crippen molar-refractivity contribution in [2.75, 3.05) is 7.11 Å². The van der Waals surface area contributed by atoms with Crippen molar-refractivity contribution in [1.29, 1.82) is 0 Å². The van der Waals surface area contributed by atoms with Gasteiger partial charge in [0.1, 0.15) is 0 Å². The normalized spacial score (nSPS) is 11.2. The molecule has 0 aliphatic carbocycles. The van der Waals surface area contributed by atoms with E-state index in [0.29, 0.717) is 6.07 Å². The number of hydrogen-bond acceptors (Lipinski definition) is 4. The van der Waals surface area contributed by atoms with Gasteiger partial charge in [0.15, 0.2) is 5.69 Å². The summed E-state index contributed by atoms with van der Waals surface area (Å²) in [6, 6.07) is 0.520. The lowest BCUT2D eigenvalue weighted by Gasteiger charge is -2.07. The van der Waals surface area contributed by atoms with Crippen molar-refractivity contribution >= 4 is 5.97 Å². The minimum Gasteiger partial charge on any atom is -0.481 e. The molecule has 1 aromatic heterocycles. The van der Waals surface area contributed by atoms with Gasteiger partial charge in [-0.2, -0.15) is 18.2 Å². The highest BCUT2D eigenvalue weighted by Crippen LogP contribution is 2.29. The minimum atomic E-state index is -4.74. The topological polar surface area (TPSA) is 72.3 Å². The highest BCUT2D eigenvalue weighted by Gasteiger charge is 2.34. The van der Waals surface area contributed by atoms with Gasteiger partial charge in [-0.1, -0.05) is 0 Å². The summed E-state index contributed by atoms with van der Waals surface area (Å²) in [7, 11) is 1.08. The first-order valence-corrected chi connectivity index (χ1v) is 3.58.